The molecule has 13 rings (SSSR count). The molecule has 1 radical (unpaired) electrons. The topological polar surface area (TPSA) is 3.24 Å². The van der Waals surface area contributed by atoms with Crippen molar-refractivity contribution in [2.24, 2.45) is 0 Å². The van der Waals surface area contributed by atoms with Crippen LogP contribution >= 0.6 is 11.8 Å². The second-order valence-electron chi connectivity index (χ2n) is 17.3. The van der Waals surface area contributed by atoms with E-state index in [9.17, 15) is 0 Å². The molecule has 0 aromatic heterocycles. The van der Waals surface area contributed by atoms with Crippen molar-refractivity contribution in [2.75, 3.05) is 4.90 Å². The molecule has 4 heteroatoms. The molecular weight excluding hydrogens is 835 g/mol. The second kappa shape index (κ2) is 15.2. The largest absolute Gasteiger partial charge is 0.310 e. The summed E-state index contributed by atoms with van der Waals surface area (Å²) in [5, 5.41) is 10.4. The molecule has 0 unspecified atom stereocenters. The highest BCUT2D eigenvalue weighted by Crippen LogP contribution is 2.59. The Morgan fingerprint density at radius 2 is 0.908 bits per heavy atom. The lowest BCUT2D eigenvalue weighted by molar-refractivity contribution is 0.768. The molecule has 305 valence electrons. The average molecular weight is 877 g/mol. The minimum absolute atomic E-state index is 0.506. The molecule has 0 bridgehead atoms. The Kier molecular flexibility index (Phi) is 8.95. The molecule has 10 aromatic rings. The van der Waals surface area contributed by atoms with E-state index in [-0.39, 0.29) is 0 Å². The molecule has 10 aromatic carbocycles. The minimum Gasteiger partial charge on any atom is -0.310 e. The van der Waals surface area contributed by atoms with Crippen molar-refractivity contribution in [3.63, 3.8) is 0 Å². The maximum atomic E-state index is 2.61. The van der Waals surface area contributed by atoms with Gasteiger partial charge in [-0.1, -0.05) is 234 Å². The van der Waals surface area contributed by atoms with Crippen molar-refractivity contribution < 1.29 is 0 Å². The molecule has 2 aliphatic heterocycles. The van der Waals surface area contributed by atoms with Gasteiger partial charge in [0.2, 0.25) is 0 Å². The summed E-state index contributed by atoms with van der Waals surface area (Å²) in [5.74, 6) is 0. The fourth-order valence-electron chi connectivity index (χ4n) is 11.7. The molecule has 1 nitrogen and oxygen atoms in total. The highest BCUT2D eigenvalue weighted by molar-refractivity contribution is 8.00. The number of fused-ring (bicyclic) bond motifs is 11. The number of nitrogens with zero attached hydrogens (tertiary/aromatic N) is 1. The molecule has 1 spiro atoms. The number of para-hydroxylation sites is 1. The number of hydrogen-bond donors (Lipinski definition) is 0. The van der Waals surface area contributed by atoms with E-state index in [1.807, 2.05) is 11.8 Å². The molecule has 65 heavy (non-hydrogen) atoms. The molecule has 0 amide bonds. The molecule has 2 heterocycles. The molecular formula is C61H42NSSi2. The monoisotopic (exact) mass is 876 g/mol. The highest BCUT2D eigenvalue weighted by Gasteiger charge is 2.53. The van der Waals surface area contributed by atoms with E-state index >= 15 is 0 Å². The Labute approximate surface area is 388 Å². The number of rotatable bonds is 6. The zero-order valence-electron chi connectivity index (χ0n) is 35.6. The first-order valence-electron chi connectivity index (χ1n) is 22.5. The number of anilines is 3. The predicted octanol–water partition coefficient (Wildman–Crippen LogP) is 10.2. The van der Waals surface area contributed by atoms with Gasteiger partial charge in [0.05, 0.1) is 11.1 Å². The van der Waals surface area contributed by atoms with Crippen LogP contribution in [0.2, 0.25) is 0 Å². The quantitative estimate of drug-likeness (QED) is 0.153. The van der Waals surface area contributed by atoms with Crippen LogP contribution < -0.4 is 41.2 Å². The van der Waals surface area contributed by atoms with Crippen LogP contribution in [-0.4, -0.2) is 16.9 Å². The van der Waals surface area contributed by atoms with E-state index in [0.717, 1.165) is 5.69 Å². The van der Waals surface area contributed by atoms with Gasteiger partial charge in [-0.3, -0.25) is 0 Å². The molecule has 0 atom stereocenters. The Morgan fingerprint density at radius 1 is 0.385 bits per heavy atom. The van der Waals surface area contributed by atoms with Crippen LogP contribution in [0.5, 0.6) is 0 Å². The molecule has 1 aliphatic carbocycles. The molecule has 3 aliphatic rings. The lowest BCUT2D eigenvalue weighted by atomic mass is 9.68. The Balaban J connectivity index is 1.12. The summed E-state index contributed by atoms with van der Waals surface area (Å²) in [6.45, 7) is 0. The van der Waals surface area contributed by atoms with Crippen molar-refractivity contribution in [1.29, 1.82) is 0 Å². The van der Waals surface area contributed by atoms with E-state index in [0.29, 0.717) is 0 Å². The standard InChI is InChI=1S/C61H42NSSi2/c1-5-22-43(23-6-1)61(44-24-7-2-8-25-44)49-31-14-13-30-48(49)60-50(61)32-21-33-51(60)62(45-26-9-3-10-27-45)46-40-41-59-55(42-46)64(47-28-11-4-12-29-47)54-36-17-20-39-58(54)65(59)56-37-18-15-34-52(56)63-53-35-16-19-38-57(53)65/h1-42H. The minimum atomic E-state index is -2.82. The molecule has 0 saturated heterocycles. The normalized spacial score (nSPS) is 14.6. The van der Waals surface area contributed by atoms with E-state index in [4.69, 9.17) is 0 Å². The SMILES string of the molecule is c1ccc(N(c2ccc3c(c2)[Si](c2ccccc2)c2ccccc2[Si]32c3ccccc3Sc3ccccc32)c2cccc3c2-c2ccccc2C3(c2ccccc2)c2ccccc2)cc1. The summed E-state index contributed by atoms with van der Waals surface area (Å²) in [6.07, 6.45) is 0. The lowest BCUT2D eigenvalue weighted by Gasteiger charge is -2.46. The first-order valence-corrected chi connectivity index (χ1v) is 26.8. The number of benzene rings is 10. The second-order valence-corrected chi connectivity index (χ2v) is 24.4. The van der Waals surface area contributed by atoms with Crippen LogP contribution in [0.4, 0.5) is 17.1 Å². The van der Waals surface area contributed by atoms with E-state index in [1.54, 1.807) is 0 Å². The summed E-state index contributed by atoms with van der Waals surface area (Å²) in [7, 11) is -4.30. The van der Waals surface area contributed by atoms with Gasteiger partial charge in [0.15, 0.2) is 16.9 Å². The van der Waals surface area contributed by atoms with E-state index in [1.165, 1.54) is 90.9 Å². The summed E-state index contributed by atoms with van der Waals surface area (Å²) < 4.78 is 0. The predicted molar refractivity (Wildman–Crippen MR) is 277 cm³/mol. The third-order valence-corrected chi connectivity index (χ3v) is 23.9. The van der Waals surface area contributed by atoms with Gasteiger partial charge in [0.25, 0.3) is 0 Å². The summed E-state index contributed by atoms with van der Waals surface area (Å²) in [6, 6.07) is 96.6. The average Bonchev–Trinajstić information content (AvgIpc) is 3.69. The zero-order valence-corrected chi connectivity index (χ0v) is 38.4. The van der Waals surface area contributed by atoms with Crippen LogP contribution in [0.1, 0.15) is 22.3 Å². The first-order chi connectivity index (χ1) is 32.3. The van der Waals surface area contributed by atoms with Gasteiger partial charge in [-0.15, -0.1) is 0 Å². The Morgan fingerprint density at radius 3 is 1.58 bits per heavy atom. The molecule has 0 N–H and O–H groups in total. The maximum absolute atomic E-state index is 2.82. The fourth-order valence-corrected chi connectivity index (χ4v) is 23.3. The van der Waals surface area contributed by atoms with Crippen molar-refractivity contribution >= 4 is 82.0 Å². The van der Waals surface area contributed by atoms with Gasteiger partial charge in [-0.25, -0.2) is 0 Å². The van der Waals surface area contributed by atoms with Crippen molar-refractivity contribution in [2.45, 2.75) is 15.2 Å². The lowest BCUT2D eigenvalue weighted by Crippen LogP contribution is -2.87. The van der Waals surface area contributed by atoms with Crippen LogP contribution in [0.15, 0.2) is 265 Å². The molecule has 0 fully saturated rings. The van der Waals surface area contributed by atoms with Crippen molar-refractivity contribution in [1.82, 2.24) is 0 Å². The van der Waals surface area contributed by atoms with Crippen LogP contribution in [0.3, 0.4) is 0 Å². The van der Waals surface area contributed by atoms with Gasteiger partial charge < -0.3 is 4.90 Å². The third kappa shape index (κ3) is 5.52. The van der Waals surface area contributed by atoms with Crippen molar-refractivity contribution in [3.8, 4) is 11.1 Å². The highest BCUT2D eigenvalue weighted by atomic mass is 32.2. The van der Waals surface area contributed by atoms with Gasteiger partial charge in [-0.05, 0) is 96.2 Å². The van der Waals surface area contributed by atoms with Crippen LogP contribution in [-0.2, 0) is 5.41 Å². The van der Waals surface area contributed by atoms with Crippen LogP contribution in [0, 0.1) is 0 Å². The fraction of sp³-hybridized carbons (Fsp3) is 0.0164. The van der Waals surface area contributed by atoms with E-state index < -0.39 is 22.3 Å². The Hall–Kier alpha value is -7.22. The summed E-state index contributed by atoms with van der Waals surface area (Å²) >= 11 is 1.94. The summed E-state index contributed by atoms with van der Waals surface area (Å²) in [4.78, 5) is 5.31. The maximum Gasteiger partial charge on any atom is 0.181 e. The Bertz CT molecular complexity index is 3340. The molecule has 0 saturated carbocycles. The smallest absolute Gasteiger partial charge is 0.181 e. The van der Waals surface area contributed by atoms with Gasteiger partial charge in [0.1, 0.15) is 0 Å². The summed E-state index contributed by atoms with van der Waals surface area (Å²) in [5.41, 5.74) is 10.7. The third-order valence-electron chi connectivity index (χ3n) is 14.1. The first kappa shape index (κ1) is 38.3. The van der Waals surface area contributed by atoms with Gasteiger partial charge in [-0.2, -0.15) is 0 Å². The van der Waals surface area contributed by atoms with Crippen LogP contribution in [0.25, 0.3) is 11.1 Å². The van der Waals surface area contributed by atoms with Gasteiger partial charge >= 0.3 is 0 Å². The zero-order chi connectivity index (χ0) is 43.0. The van der Waals surface area contributed by atoms with E-state index in [2.05, 4.69) is 260 Å². The van der Waals surface area contributed by atoms with Crippen molar-refractivity contribution in [3.05, 3.63) is 277 Å². The number of hydrogen-bond acceptors (Lipinski definition) is 2. The van der Waals surface area contributed by atoms with Gasteiger partial charge in [0, 0.05) is 26.7 Å².